The van der Waals surface area contributed by atoms with Gasteiger partial charge in [-0.05, 0) is 29.3 Å². The molecule has 3 rings (SSSR count). The zero-order valence-electron chi connectivity index (χ0n) is 13.3. The van der Waals surface area contributed by atoms with Crippen LogP contribution in [0.3, 0.4) is 0 Å². The van der Waals surface area contributed by atoms with E-state index in [1.54, 1.807) is 12.1 Å². The molecule has 8 heteroatoms. The SMILES string of the molecule is COC(=O)[C@H]1Cc2ccccc2CN1S(=O)(=O)c1ccc(Cl)cc1F. The van der Waals surface area contributed by atoms with E-state index >= 15 is 0 Å². The minimum absolute atomic E-state index is 0.0413. The predicted molar refractivity (Wildman–Crippen MR) is 90.1 cm³/mol. The molecule has 0 N–H and O–H groups in total. The first-order valence-corrected chi connectivity index (χ1v) is 9.28. The number of halogens is 2. The maximum Gasteiger partial charge on any atom is 0.324 e. The van der Waals surface area contributed by atoms with Gasteiger partial charge in [-0.1, -0.05) is 35.9 Å². The molecule has 0 aromatic heterocycles. The molecule has 0 fully saturated rings. The zero-order chi connectivity index (χ0) is 18.2. The van der Waals surface area contributed by atoms with Gasteiger partial charge >= 0.3 is 5.97 Å². The van der Waals surface area contributed by atoms with Crippen molar-refractivity contribution in [2.45, 2.75) is 23.9 Å². The molecule has 1 heterocycles. The molecular formula is C17H15ClFNO4S. The highest BCUT2D eigenvalue weighted by molar-refractivity contribution is 7.89. The number of nitrogens with zero attached hydrogens (tertiary/aromatic N) is 1. The number of esters is 1. The Hall–Kier alpha value is -1.96. The van der Waals surface area contributed by atoms with Gasteiger partial charge in [0.15, 0.2) is 0 Å². The number of hydrogen-bond acceptors (Lipinski definition) is 4. The Morgan fingerprint density at radius 3 is 2.56 bits per heavy atom. The van der Waals surface area contributed by atoms with E-state index in [4.69, 9.17) is 16.3 Å². The molecule has 0 aliphatic carbocycles. The molecule has 1 aliphatic rings. The lowest BCUT2D eigenvalue weighted by atomic mass is 9.96. The van der Waals surface area contributed by atoms with Crippen LogP contribution in [0.4, 0.5) is 4.39 Å². The van der Waals surface area contributed by atoms with Crippen molar-refractivity contribution in [3.05, 3.63) is 64.4 Å². The number of hydrogen-bond donors (Lipinski definition) is 0. The van der Waals surface area contributed by atoms with Crippen LogP contribution in [0.2, 0.25) is 5.02 Å². The molecule has 0 spiro atoms. The Kier molecular flexibility index (Phi) is 4.81. The molecule has 1 atom stereocenters. The van der Waals surface area contributed by atoms with Crippen molar-refractivity contribution in [3.63, 3.8) is 0 Å². The first-order chi connectivity index (χ1) is 11.8. The van der Waals surface area contributed by atoms with Crippen molar-refractivity contribution in [1.82, 2.24) is 4.31 Å². The van der Waals surface area contributed by atoms with Crippen LogP contribution >= 0.6 is 11.6 Å². The fourth-order valence-corrected chi connectivity index (χ4v) is 4.66. The fraction of sp³-hybridized carbons (Fsp3) is 0.235. The zero-order valence-corrected chi connectivity index (χ0v) is 14.8. The Labute approximate surface area is 150 Å². The van der Waals surface area contributed by atoms with Crippen molar-refractivity contribution in [2.75, 3.05) is 7.11 Å². The molecule has 1 aliphatic heterocycles. The van der Waals surface area contributed by atoms with Crippen molar-refractivity contribution < 1.29 is 22.3 Å². The third kappa shape index (κ3) is 3.27. The van der Waals surface area contributed by atoms with Gasteiger partial charge in [0.25, 0.3) is 0 Å². The highest BCUT2D eigenvalue weighted by atomic mass is 35.5. The molecule has 25 heavy (non-hydrogen) atoms. The average molecular weight is 384 g/mol. The average Bonchev–Trinajstić information content (AvgIpc) is 2.59. The molecule has 2 aromatic carbocycles. The molecule has 0 unspecified atom stereocenters. The van der Waals surface area contributed by atoms with Crippen LogP contribution in [0.1, 0.15) is 11.1 Å². The van der Waals surface area contributed by atoms with Gasteiger partial charge in [-0.25, -0.2) is 12.8 Å². The van der Waals surface area contributed by atoms with Gasteiger partial charge in [-0.3, -0.25) is 4.79 Å². The molecule has 5 nitrogen and oxygen atoms in total. The van der Waals surface area contributed by atoms with Crippen LogP contribution in [-0.2, 0) is 32.5 Å². The van der Waals surface area contributed by atoms with E-state index in [9.17, 15) is 17.6 Å². The summed E-state index contributed by atoms with van der Waals surface area (Å²) in [5.41, 5.74) is 1.63. The third-order valence-corrected chi connectivity index (χ3v) is 6.28. The van der Waals surface area contributed by atoms with Crippen molar-refractivity contribution >= 4 is 27.6 Å². The van der Waals surface area contributed by atoms with Gasteiger partial charge in [-0.2, -0.15) is 4.31 Å². The van der Waals surface area contributed by atoms with Gasteiger partial charge in [0.05, 0.1) is 7.11 Å². The predicted octanol–water partition coefficient (Wildman–Crippen LogP) is 2.77. The number of ether oxygens (including phenoxy) is 1. The van der Waals surface area contributed by atoms with E-state index in [1.807, 2.05) is 12.1 Å². The van der Waals surface area contributed by atoms with E-state index in [0.717, 1.165) is 27.6 Å². The Morgan fingerprint density at radius 1 is 1.24 bits per heavy atom. The maximum atomic E-state index is 14.2. The summed E-state index contributed by atoms with van der Waals surface area (Å²) >= 11 is 5.70. The Bertz CT molecular complexity index is 932. The lowest BCUT2D eigenvalue weighted by molar-refractivity contribution is -0.145. The molecule has 0 radical (unpaired) electrons. The second-order valence-electron chi connectivity index (χ2n) is 5.64. The topological polar surface area (TPSA) is 63.7 Å². The smallest absolute Gasteiger partial charge is 0.324 e. The Balaban J connectivity index is 2.10. The summed E-state index contributed by atoms with van der Waals surface area (Å²) < 4.78 is 45.9. The molecule has 0 saturated carbocycles. The summed E-state index contributed by atoms with van der Waals surface area (Å²) in [6.07, 6.45) is 0.164. The lowest BCUT2D eigenvalue weighted by Crippen LogP contribution is -2.49. The van der Waals surface area contributed by atoms with E-state index < -0.39 is 32.7 Å². The van der Waals surface area contributed by atoms with Crippen molar-refractivity contribution in [1.29, 1.82) is 0 Å². The van der Waals surface area contributed by atoms with E-state index in [-0.39, 0.29) is 18.0 Å². The van der Waals surface area contributed by atoms with Gasteiger partial charge in [0.2, 0.25) is 10.0 Å². The van der Waals surface area contributed by atoms with Crippen molar-refractivity contribution in [3.8, 4) is 0 Å². The first kappa shape index (κ1) is 17.8. The highest BCUT2D eigenvalue weighted by Crippen LogP contribution is 2.31. The van der Waals surface area contributed by atoms with E-state index in [0.29, 0.717) is 0 Å². The molecular weight excluding hydrogens is 369 g/mol. The molecule has 2 aromatic rings. The quantitative estimate of drug-likeness (QED) is 0.764. The number of methoxy groups -OCH3 is 1. The number of fused-ring (bicyclic) bond motifs is 1. The number of benzene rings is 2. The monoisotopic (exact) mass is 383 g/mol. The van der Waals surface area contributed by atoms with Crippen LogP contribution in [0.25, 0.3) is 0 Å². The number of sulfonamides is 1. The second-order valence-corrected chi connectivity index (χ2v) is 7.93. The summed E-state index contributed by atoms with van der Waals surface area (Å²) in [6.45, 7) is -0.0413. The summed E-state index contributed by atoms with van der Waals surface area (Å²) in [5.74, 6) is -1.65. The maximum absolute atomic E-state index is 14.2. The van der Waals surface area contributed by atoms with E-state index in [1.165, 1.54) is 13.2 Å². The van der Waals surface area contributed by atoms with Gasteiger partial charge < -0.3 is 4.74 Å². The van der Waals surface area contributed by atoms with Gasteiger partial charge in [0, 0.05) is 18.0 Å². The minimum atomic E-state index is -4.26. The van der Waals surface area contributed by atoms with Crippen LogP contribution in [0.15, 0.2) is 47.4 Å². The Morgan fingerprint density at radius 2 is 1.92 bits per heavy atom. The minimum Gasteiger partial charge on any atom is -0.468 e. The van der Waals surface area contributed by atoms with Crippen molar-refractivity contribution in [2.24, 2.45) is 0 Å². The van der Waals surface area contributed by atoms with Crippen LogP contribution < -0.4 is 0 Å². The van der Waals surface area contributed by atoms with E-state index in [2.05, 4.69) is 0 Å². The summed E-state index contributed by atoms with van der Waals surface area (Å²) in [7, 11) is -3.07. The van der Waals surface area contributed by atoms with Crippen LogP contribution in [0, 0.1) is 5.82 Å². The second kappa shape index (κ2) is 6.74. The molecule has 0 saturated heterocycles. The fourth-order valence-electron chi connectivity index (χ4n) is 2.90. The normalized spacial score (nSPS) is 17.8. The largest absolute Gasteiger partial charge is 0.468 e. The first-order valence-electron chi connectivity index (χ1n) is 7.46. The van der Waals surface area contributed by atoms with Gasteiger partial charge in [0.1, 0.15) is 16.8 Å². The number of carbonyl (C=O) groups is 1. The summed E-state index contributed by atoms with van der Waals surface area (Å²) in [6, 6.07) is 9.48. The number of rotatable bonds is 3. The highest BCUT2D eigenvalue weighted by Gasteiger charge is 2.41. The van der Waals surface area contributed by atoms with Crippen LogP contribution in [0.5, 0.6) is 0 Å². The lowest BCUT2D eigenvalue weighted by Gasteiger charge is -2.34. The molecule has 0 bridgehead atoms. The molecule has 132 valence electrons. The summed E-state index contributed by atoms with van der Waals surface area (Å²) in [4.78, 5) is 11.6. The van der Waals surface area contributed by atoms with Gasteiger partial charge in [-0.15, -0.1) is 0 Å². The number of carbonyl (C=O) groups excluding carboxylic acids is 1. The standard InChI is InChI=1S/C17H15ClFNO4S/c1-24-17(21)15-8-11-4-2-3-5-12(11)10-20(15)25(22,23)16-7-6-13(18)9-14(16)19/h2-7,9,15H,8,10H2,1H3/t15-/m1/s1. The third-order valence-electron chi connectivity index (χ3n) is 4.16. The molecule has 0 amide bonds. The van der Waals surface area contributed by atoms with Crippen LogP contribution in [-0.4, -0.2) is 31.8 Å². The summed E-state index contributed by atoms with van der Waals surface area (Å²) in [5, 5.41) is 0.0879.